The van der Waals surface area contributed by atoms with E-state index in [1.165, 1.54) is 89.7 Å². The first kappa shape index (κ1) is 73.9. The summed E-state index contributed by atoms with van der Waals surface area (Å²) in [5.41, 5.74) is 9.56. The van der Waals surface area contributed by atoms with Crippen molar-refractivity contribution in [2.75, 3.05) is 25.3 Å². The highest BCUT2D eigenvalue weighted by Crippen LogP contribution is 2.34. The van der Waals surface area contributed by atoms with Crippen molar-refractivity contribution in [3.05, 3.63) is 160 Å². The molecular weight excluding hydrogens is 1170 g/mol. The van der Waals surface area contributed by atoms with E-state index in [0.717, 1.165) is 83.0 Å². The number of anilines is 2. The van der Waals surface area contributed by atoms with E-state index in [0.29, 0.717) is 30.2 Å². The molecule has 10 atom stereocenters. The summed E-state index contributed by atoms with van der Waals surface area (Å²) >= 11 is 0. The molecule has 5 aromatic heterocycles. The van der Waals surface area contributed by atoms with E-state index in [2.05, 4.69) is 46.9 Å². The van der Waals surface area contributed by atoms with E-state index in [1.54, 1.807) is 94.0 Å². The van der Waals surface area contributed by atoms with Gasteiger partial charge in [-0.05, 0) is 182 Å². The van der Waals surface area contributed by atoms with Crippen molar-refractivity contribution < 1.29 is 48.0 Å². The van der Waals surface area contributed by atoms with Gasteiger partial charge in [-0.3, -0.25) is 24.5 Å². The van der Waals surface area contributed by atoms with Gasteiger partial charge in [0.05, 0.1) is 32.3 Å². The Labute approximate surface area is 533 Å². The minimum absolute atomic E-state index is 0.0880. The molecule has 91 heavy (non-hydrogen) atoms. The maximum absolute atomic E-state index is 12.6. The molecule has 0 bridgehead atoms. The first-order chi connectivity index (χ1) is 43.2. The number of carbonyl (C=O) groups excluding carboxylic acids is 3. The van der Waals surface area contributed by atoms with Crippen molar-refractivity contribution in [3.63, 3.8) is 0 Å². The summed E-state index contributed by atoms with van der Waals surface area (Å²) in [5.74, 6) is 0.379. The van der Waals surface area contributed by atoms with Crippen LogP contribution in [0.3, 0.4) is 0 Å². The summed E-state index contributed by atoms with van der Waals surface area (Å²) in [4.78, 5) is 104. The first-order valence-corrected chi connectivity index (χ1v) is 32.2. The van der Waals surface area contributed by atoms with Gasteiger partial charge in [-0.1, -0.05) is 79.1 Å². The molecule has 0 aromatic carbocycles. The quantitative estimate of drug-likeness (QED) is 0.0712. The maximum atomic E-state index is 12.6. The normalized spacial score (nSPS) is 23.6. The van der Waals surface area contributed by atoms with Crippen LogP contribution in [-0.2, 0) is 14.2 Å². The molecule has 5 aliphatic rings. The molecule has 5 aromatic rings. The number of pyridine rings is 4. The predicted molar refractivity (Wildman–Crippen MR) is 351 cm³/mol. The van der Waals surface area contributed by atoms with E-state index in [4.69, 9.17) is 21.3 Å². The predicted octanol–water partition coefficient (Wildman–Crippen LogP) is 11.5. The van der Waals surface area contributed by atoms with Gasteiger partial charge in [-0.2, -0.15) is 0 Å². The van der Waals surface area contributed by atoms with E-state index < -0.39 is 35.2 Å². The number of nitrogens with one attached hydrogen (secondary N) is 1. The van der Waals surface area contributed by atoms with Gasteiger partial charge in [0.1, 0.15) is 28.0 Å². The number of hydrogen-bond donors (Lipinski definition) is 5. The van der Waals surface area contributed by atoms with Gasteiger partial charge in [0.15, 0.2) is 0 Å². The number of amides is 1. The molecule has 0 saturated heterocycles. The Morgan fingerprint density at radius 2 is 0.934 bits per heavy atom. The molecule has 500 valence electrons. The average molecular weight is 1270 g/mol. The SMILES string of the molecule is COC(=O)c1cccn(C2CCC[C@H](C)C2)c1=O.COC(=O)c1cccoc1=O.C[C@H]1CCCC(n2cccc(C(=O)O)c2=O)C1.C[C@H]1CCCC(n2cccc(NC(=O)OC(C)(C)C)c2=O)C1.C[C@H]1CCC[C@H](N)C1.Nc1cccn(C2CCC[C@H](O)C2)c1=O. The van der Waals surface area contributed by atoms with Crippen molar-refractivity contribution in [1.82, 2.24) is 18.3 Å². The number of carboxylic acids is 1. The second kappa shape index (κ2) is 36.3. The van der Waals surface area contributed by atoms with Crippen LogP contribution in [0.15, 0.2) is 120 Å². The molecule has 0 aliphatic heterocycles. The topological polar surface area (TPSA) is 319 Å². The third-order valence-corrected chi connectivity index (χ3v) is 17.2. The molecule has 5 saturated carbocycles. The Morgan fingerprint density at radius 3 is 1.37 bits per heavy atom. The summed E-state index contributed by atoms with van der Waals surface area (Å²) in [6.07, 6.45) is 29.0. The van der Waals surface area contributed by atoms with Crippen LogP contribution in [0.25, 0.3) is 0 Å². The number of methoxy groups -OCH3 is 2. The van der Waals surface area contributed by atoms with Crippen molar-refractivity contribution in [2.45, 2.75) is 219 Å². The lowest BCUT2D eigenvalue weighted by Gasteiger charge is -2.28. The van der Waals surface area contributed by atoms with Crippen LogP contribution >= 0.6 is 0 Å². The van der Waals surface area contributed by atoms with Gasteiger partial charge in [0.25, 0.3) is 22.2 Å². The number of aliphatic hydroxyl groups is 1. The van der Waals surface area contributed by atoms with E-state index >= 15 is 0 Å². The smallest absolute Gasteiger partial charge is 0.412 e. The lowest BCUT2D eigenvalue weighted by atomic mass is 9.87. The molecular formula is C69H99N7O15. The van der Waals surface area contributed by atoms with Gasteiger partial charge in [-0.15, -0.1) is 0 Å². The van der Waals surface area contributed by atoms with Crippen LogP contribution in [0.1, 0.15) is 232 Å². The number of nitrogens with two attached hydrogens (primary N) is 2. The molecule has 0 radical (unpaired) electrons. The number of aliphatic hydroxyl groups excluding tert-OH is 1. The van der Waals surface area contributed by atoms with Gasteiger partial charge in [0, 0.05) is 55.0 Å². The Kier molecular flexibility index (Phi) is 29.4. The zero-order valence-corrected chi connectivity index (χ0v) is 54.7. The van der Waals surface area contributed by atoms with E-state index in [1.807, 2.05) is 6.20 Å². The minimum atomic E-state index is -1.15. The number of hydrogen-bond acceptors (Lipinski definition) is 16. The first-order valence-electron chi connectivity index (χ1n) is 32.2. The van der Waals surface area contributed by atoms with Crippen molar-refractivity contribution in [3.8, 4) is 0 Å². The van der Waals surface area contributed by atoms with Crippen LogP contribution in [0.2, 0.25) is 0 Å². The molecule has 4 unspecified atom stereocenters. The Balaban J connectivity index is 0.000000203. The Morgan fingerprint density at radius 1 is 0.527 bits per heavy atom. The highest BCUT2D eigenvalue weighted by Gasteiger charge is 2.27. The van der Waals surface area contributed by atoms with Crippen LogP contribution in [0.4, 0.5) is 16.2 Å². The molecule has 1 amide bonds. The van der Waals surface area contributed by atoms with Crippen molar-refractivity contribution >= 4 is 35.4 Å². The number of esters is 2. The molecule has 5 heterocycles. The lowest BCUT2D eigenvalue weighted by molar-refractivity contribution is 0.0587. The number of aromatic nitrogens is 4. The van der Waals surface area contributed by atoms with Crippen LogP contribution in [-0.4, -0.2) is 84.4 Å². The maximum Gasteiger partial charge on any atom is 0.412 e. The monoisotopic (exact) mass is 1270 g/mol. The molecule has 10 rings (SSSR count). The van der Waals surface area contributed by atoms with Crippen LogP contribution < -0.4 is 44.6 Å². The average Bonchev–Trinajstić information content (AvgIpc) is 1.12. The summed E-state index contributed by atoms with van der Waals surface area (Å²) in [6.45, 7) is 14.3. The fourth-order valence-electron chi connectivity index (χ4n) is 12.6. The Bertz CT molecular complexity index is 3440. The molecule has 22 heteroatoms. The number of ether oxygens (including phenoxy) is 3. The van der Waals surface area contributed by atoms with E-state index in [9.17, 15) is 48.3 Å². The summed E-state index contributed by atoms with van der Waals surface area (Å²) in [5, 5.41) is 21.0. The second-order valence-corrected chi connectivity index (χ2v) is 26.1. The van der Waals surface area contributed by atoms with Crippen LogP contribution in [0.5, 0.6) is 0 Å². The molecule has 5 aliphatic carbocycles. The molecule has 22 nitrogen and oxygen atoms in total. The lowest BCUT2D eigenvalue weighted by Crippen LogP contribution is -2.32. The number of aromatic carboxylic acids is 1. The van der Waals surface area contributed by atoms with Gasteiger partial charge < -0.3 is 58.6 Å². The standard InChI is InChI=1S/C17H26N2O3.C14H19NO3.C13H17NO3.C11H16N2O2.C7H15N.C7H6O4/c1-12-7-5-8-13(11-12)19-10-6-9-14(15(19)20)18-16(21)22-17(2,3)4;1-10-5-3-6-11(9-10)15-8-4-7-12(13(15)16)14(17)18-2;1-9-4-2-5-10(8-9)14-7-3-6-11(12(14)15)13(16)17;12-10-5-2-6-13(11(10)15)8-3-1-4-9(14)7-8;1-6-3-2-4-7(8)5-6;1-10-6(8)5-3-2-4-11-7(5)9/h6,9-10,12-13H,5,7-8,11H2,1-4H3,(H,18,21);4,7-8,10-11H,3,5-6,9H2,1-2H3;3,6-7,9-10H,2,4-5,8H2,1H3,(H,16,17);2,5-6,8-9,14H,1,3-4,7,12H2;6-7H,2-5,8H2,1H3;2-4H,1H3/t12-,13?;10-,11?;9-,10?;8?,9-;6-,7-;/m00000./s1. The highest BCUT2D eigenvalue weighted by atomic mass is 16.6. The van der Waals surface area contributed by atoms with Gasteiger partial charge >= 0.3 is 29.6 Å². The highest BCUT2D eigenvalue weighted by molar-refractivity contribution is 5.89. The fraction of sp³-hybridized carbons (Fsp3) is 0.580. The summed E-state index contributed by atoms with van der Waals surface area (Å²) in [7, 11) is 2.50. The largest absolute Gasteiger partial charge is 0.477 e. The number of nitrogen functional groups attached to an aromatic ring is 1. The summed E-state index contributed by atoms with van der Waals surface area (Å²) in [6, 6.07) is 17.1. The number of rotatable bonds is 8. The van der Waals surface area contributed by atoms with E-state index in [-0.39, 0.29) is 80.6 Å². The van der Waals surface area contributed by atoms with Gasteiger partial charge in [-0.25, -0.2) is 24.0 Å². The van der Waals surface area contributed by atoms with Crippen molar-refractivity contribution in [2.24, 2.45) is 29.4 Å². The van der Waals surface area contributed by atoms with Crippen molar-refractivity contribution in [1.29, 1.82) is 0 Å². The Hall–Kier alpha value is -7.85. The molecule has 0 spiro atoms. The molecule has 5 fully saturated rings. The fourth-order valence-corrected chi connectivity index (χ4v) is 12.6. The van der Waals surface area contributed by atoms with Gasteiger partial charge in [0.2, 0.25) is 0 Å². The summed E-state index contributed by atoms with van der Waals surface area (Å²) < 4.78 is 25.3. The van der Waals surface area contributed by atoms with Crippen LogP contribution in [0, 0.1) is 23.7 Å². The number of carboxylic acid groups (broad SMARTS) is 1. The minimum Gasteiger partial charge on any atom is -0.477 e. The zero-order valence-electron chi connectivity index (χ0n) is 54.7. The third kappa shape index (κ3) is 23.4. The zero-order chi connectivity index (χ0) is 67.0. The molecule has 7 N–H and O–H groups in total. The third-order valence-electron chi connectivity index (χ3n) is 17.2. The number of carbonyl (C=O) groups is 4. The second-order valence-electron chi connectivity index (χ2n) is 26.1. The number of nitrogens with zero attached hydrogens (tertiary/aromatic N) is 4.